The summed E-state index contributed by atoms with van der Waals surface area (Å²) >= 11 is 0. The summed E-state index contributed by atoms with van der Waals surface area (Å²) in [6.45, 7) is 12.8. The van der Waals surface area contributed by atoms with Gasteiger partial charge >= 0.3 is 0 Å². The van der Waals surface area contributed by atoms with E-state index in [-0.39, 0.29) is 24.0 Å². The van der Waals surface area contributed by atoms with Crippen molar-refractivity contribution in [1.29, 1.82) is 0 Å². The summed E-state index contributed by atoms with van der Waals surface area (Å²) in [6, 6.07) is 6.09. The van der Waals surface area contributed by atoms with Gasteiger partial charge in [-0.1, -0.05) is 38.9 Å². The maximum atomic E-state index is 5.37. The van der Waals surface area contributed by atoms with Crippen LogP contribution in [-0.2, 0) is 6.54 Å². The lowest BCUT2D eigenvalue weighted by Gasteiger charge is -2.22. The predicted octanol–water partition coefficient (Wildman–Crippen LogP) is 4.31. The molecular weight excluding hydrogens is 453 g/mol. The van der Waals surface area contributed by atoms with Gasteiger partial charge in [0, 0.05) is 37.5 Å². The van der Waals surface area contributed by atoms with E-state index in [1.165, 1.54) is 5.56 Å². The molecule has 2 heterocycles. The fraction of sp³-hybridized carbons (Fsp3) is 0.550. The number of nitrogens with one attached hydrogen (secondary N) is 2. The Bertz CT molecular complexity index is 685. The molecule has 0 aliphatic heterocycles. The van der Waals surface area contributed by atoms with Gasteiger partial charge in [0.15, 0.2) is 11.7 Å². The molecule has 0 spiro atoms. The van der Waals surface area contributed by atoms with Crippen LogP contribution in [0.15, 0.2) is 40.1 Å². The molecule has 6 nitrogen and oxygen atoms in total. The first kappa shape index (κ1) is 23.4. The van der Waals surface area contributed by atoms with E-state index < -0.39 is 0 Å². The number of guanidine groups is 1. The van der Waals surface area contributed by atoms with Gasteiger partial charge < -0.3 is 15.2 Å². The Morgan fingerprint density at radius 2 is 2.00 bits per heavy atom. The van der Waals surface area contributed by atoms with E-state index in [2.05, 4.69) is 66.5 Å². The molecule has 2 rings (SSSR count). The van der Waals surface area contributed by atoms with Crippen molar-refractivity contribution in [1.82, 2.24) is 20.8 Å². The van der Waals surface area contributed by atoms with E-state index in [0.29, 0.717) is 24.3 Å². The second kappa shape index (κ2) is 11.9. The number of rotatable bonds is 8. The highest BCUT2D eigenvalue weighted by Gasteiger charge is 2.16. The maximum absolute atomic E-state index is 5.37. The standard InChI is InChI=1S/C20H31N5O.HI/c1-6-22-20(23-12-17-10-19(15(4)5)25-26-17)24-13-18(14(2)3)16-8-7-9-21-11-16;/h7-11,14-15,18H,6,12-13H2,1-5H3,(H2,22,23,24);1H. The Kier molecular flexibility index (Phi) is 10.4. The van der Waals surface area contributed by atoms with Crippen LogP contribution in [0, 0.1) is 5.92 Å². The Hall–Kier alpha value is -1.64. The lowest BCUT2D eigenvalue weighted by molar-refractivity contribution is 0.376. The first-order valence-electron chi connectivity index (χ1n) is 9.38. The van der Waals surface area contributed by atoms with Crippen LogP contribution in [0.3, 0.4) is 0 Å². The number of hydrogen-bond acceptors (Lipinski definition) is 4. The summed E-state index contributed by atoms with van der Waals surface area (Å²) in [5.74, 6) is 2.78. The average molecular weight is 485 g/mol. The molecule has 2 aromatic heterocycles. The van der Waals surface area contributed by atoms with Crippen molar-refractivity contribution in [2.24, 2.45) is 10.9 Å². The highest BCUT2D eigenvalue weighted by molar-refractivity contribution is 14.0. The van der Waals surface area contributed by atoms with Crippen molar-refractivity contribution in [3.05, 3.63) is 47.6 Å². The minimum Gasteiger partial charge on any atom is -0.359 e. The van der Waals surface area contributed by atoms with E-state index in [1.54, 1.807) is 0 Å². The fourth-order valence-electron chi connectivity index (χ4n) is 2.71. The third-order valence-electron chi connectivity index (χ3n) is 4.31. The molecule has 27 heavy (non-hydrogen) atoms. The van der Waals surface area contributed by atoms with Crippen LogP contribution in [0.2, 0.25) is 0 Å². The zero-order valence-electron chi connectivity index (χ0n) is 16.9. The van der Waals surface area contributed by atoms with Crippen molar-refractivity contribution < 1.29 is 4.52 Å². The highest BCUT2D eigenvalue weighted by atomic mass is 127. The van der Waals surface area contributed by atoms with E-state index >= 15 is 0 Å². The molecule has 0 amide bonds. The van der Waals surface area contributed by atoms with Gasteiger partial charge in [0.1, 0.15) is 6.54 Å². The Balaban J connectivity index is 0.00000364. The summed E-state index contributed by atoms with van der Waals surface area (Å²) in [7, 11) is 0. The lowest BCUT2D eigenvalue weighted by Crippen LogP contribution is -2.40. The van der Waals surface area contributed by atoms with Gasteiger partial charge in [-0.05, 0) is 30.4 Å². The van der Waals surface area contributed by atoms with Crippen LogP contribution in [0.1, 0.15) is 63.5 Å². The minimum absolute atomic E-state index is 0. The van der Waals surface area contributed by atoms with Crippen molar-refractivity contribution in [2.45, 2.75) is 53.0 Å². The summed E-state index contributed by atoms with van der Waals surface area (Å²) in [5, 5.41) is 10.8. The first-order valence-corrected chi connectivity index (χ1v) is 9.38. The summed E-state index contributed by atoms with van der Waals surface area (Å²) in [4.78, 5) is 8.88. The smallest absolute Gasteiger partial charge is 0.191 e. The molecule has 0 bridgehead atoms. The third kappa shape index (κ3) is 7.48. The molecule has 2 N–H and O–H groups in total. The molecule has 0 aliphatic carbocycles. The van der Waals surface area contributed by atoms with Gasteiger partial charge in [0.25, 0.3) is 0 Å². The minimum atomic E-state index is 0. The topological polar surface area (TPSA) is 75.3 Å². The maximum Gasteiger partial charge on any atom is 0.191 e. The third-order valence-corrected chi connectivity index (χ3v) is 4.31. The van der Waals surface area contributed by atoms with Crippen molar-refractivity contribution in [2.75, 3.05) is 13.1 Å². The fourth-order valence-corrected chi connectivity index (χ4v) is 2.71. The summed E-state index contributed by atoms with van der Waals surface area (Å²) in [5.41, 5.74) is 2.20. The summed E-state index contributed by atoms with van der Waals surface area (Å²) < 4.78 is 5.37. The van der Waals surface area contributed by atoms with Gasteiger partial charge in [-0.3, -0.25) is 4.98 Å². The number of hydrogen-bond donors (Lipinski definition) is 2. The second-order valence-corrected chi connectivity index (χ2v) is 7.09. The lowest BCUT2D eigenvalue weighted by atomic mass is 9.89. The molecule has 0 aromatic carbocycles. The van der Waals surface area contributed by atoms with E-state index in [0.717, 1.165) is 30.5 Å². The van der Waals surface area contributed by atoms with E-state index in [9.17, 15) is 0 Å². The monoisotopic (exact) mass is 485 g/mol. The molecule has 0 saturated carbocycles. The van der Waals surface area contributed by atoms with Crippen LogP contribution in [0.5, 0.6) is 0 Å². The quantitative estimate of drug-likeness (QED) is 0.331. The summed E-state index contributed by atoms with van der Waals surface area (Å²) in [6.07, 6.45) is 3.75. The van der Waals surface area contributed by atoms with Gasteiger partial charge in [0.05, 0.1) is 5.69 Å². The van der Waals surface area contributed by atoms with Crippen LogP contribution < -0.4 is 10.6 Å². The number of aliphatic imine (C=N–C) groups is 1. The first-order chi connectivity index (χ1) is 12.5. The Morgan fingerprint density at radius 3 is 2.56 bits per heavy atom. The zero-order chi connectivity index (χ0) is 18.9. The molecule has 0 radical (unpaired) electrons. The molecule has 1 unspecified atom stereocenters. The zero-order valence-corrected chi connectivity index (χ0v) is 19.2. The number of aromatic nitrogens is 2. The number of pyridine rings is 1. The highest BCUT2D eigenvalue weighted by Crippen LogP contribution is 2.22. The van der Waals surface area contributed by atoms with Crippen molar-refractivity contribution in [3.8, 4) is 0 Å². The SMILES string of the molecule is CCNC(=NCc1cc(C(C)C)no1)NCC(c1cccnc1)C(C)C.I. The molecule has 0 fully saturated rings. The second-order valence-electron chi connectivity index (χ2n) is 7.09. The predicted molar refractivity (Wildman–Crippen MR) is 121 cm³/mol. The van der Waals surface area contributed by atoms with Crippen LogP contribution in [0.4, 0.5) is 0 Å². The van der Waals surface area contributed by atoms with Crippen LogP contribution in [0.25, 0.3) is 0 Å². The molecule has 0 saturated heterocycles. The average Bonchev–Trinajstić information content (AvgIpc) is 3.10. The van der Waals surface area contributed by atoms with Gasteiger partial charge in [-0.25, -0.2) is 4.99 Å². The van der Waals surface area contributed by atoms with E-state index in [4.69, 9.17) is 4.52 Å². The number of halogens is 1. The molecule has 7 heteroatoms. The molecule has 150 valence electrons. The van der Waals surface area contributed by atoms with Crippen LogP contribution >= 0.6 is 24.0 Å². The Labute approximate surface area is 179 Å². The molecule has 0 aliphatic rings. The molecule has 2 aromatic rings. The molecule has 1 atom stereocenters. The van der Waals surface area contributed by atoms with Gasteiger partial charge in [0.2, 0.25) is 0 Å². The largest absolute Gasteiger partial charge is 0.359 e. The van der Waals surface area contributed by atoms with Crippen LogP contribution in [-0.4, -0.2) is 29.2 Å². The molecular formula is C20H32IN5O. The van der Waals surface area contributed by atoms with Crippen molar-refractivity contribution in [3.63, 3.8) is 0 Å². The van der Waals surface area contributed by atoms with Gasteiger partial charge in [-0.2, -0.15) is 0 Å². The number of nitrogens with zero attached hydrogens (tertiary/aromatic N) is 3. The Morgan fingerprint density at radius 1 is 1.22 bits per heavy atom. The van der Waals surface area contributed by atoms with E-state index in [1.807, 2.05) is 24.5 Å². The normalized spacial score (nSPS) is 12.8. The van der Waals surface area contributed by atoms with Crippen molar-refractivity contribution >= 4 is 29.9 Å². The van der Waals surface area contributed by atoms with Gasteiger partial charge in [-0.15, -0.1) is 24.0 Å².